The van der Waals surface area contributed by atoms with Gasteiger partial charge >= 0.3 is 0 Å². The van der Waals surface area contributed by atoms with Crippen molar-refractivity contribution in [2.24, 2.45) is 5.92 Å². The fourth-order valence-corrected chi connectivity index (χ4v) is 1.49. The Bertz CT molecular complexity index is 129. The summed E-state index contributed by atoms with van der Waals surface area (Å²) in [6.45, 7) is 6.39. The van der Waals surface area contributed by atoms with Crippen LogP contribution >= 0.6 is 0 Å². The Labute approximate surface area is 82.9 Å². The SMILES string of the molecule is CCC/C=C/C(CCC)C(O)CC. The average molecular weight is 184 g/mol. The number of aliphatic hydroxyl groups excluding tert-OH is 1. The Balaban J connectivity index is 3.92. The lowest BCUT2D eigenvalue weighted by Crippen LogP contribution is -2.17. The molecule has 0 rings (SSSR count). The smallest absolute Gasteiger partial charge is 0.0600 e. The van der Waals surface area contributed by atoms with E-state index in [0.717, 1.165) is 25.7 Å². The molecule has 0 radical (unpaired) electrons. The molecule has 13 heavy (non-hydrogen) atoms. The van der Waals surface area contributed by atoms with Gasteiger partial charge in [0.1, 0.15) is 0 Å². The molecule has 1 N–H and O–H groups in total. The van der Waals surface area contributed by atoms with Crippen molar-refractivity contribution < 1.29 is 5.11 Å². The van der Waals surface area contributed by atoms with E-state index < -0.39 is 0 Å². The molecular formula is C12H24O. The molecule has 2 unspecified atom stereocenters. The second-order valence-electron chi connectivity index (χ2n) is 3.64. The molecule has 0 fully saturated rings. The molecule has 1 heteroatoms. The second-order valence-corrected chi connectivity index (χ2v) is 3.64. The van der Waals surface area contributed by atoms with Crippen molar-refractivity contribution in [2.45, 2.75) is 59.0 Å². The maximum absolute atomic E-state index is 9.70. The summed E-state index contributed by atoms with van der Waals surface area (Å²) in [6.07, 6.45) is 9.71. The van der Waals surface area contributed by atoms with E-state index in [1.807, 2.05) is 6.92 Å². The maximum Gasteiger partial charge on any atom is 0.0600 e. The van der Waals surface area contributed by atoms with Crippen molar-refractivity contribution >= 4 is 0 Å². The molecule has 0 aliphatic heterocycles. The topological polar surface area (TPSA) is 20.2 Å². The molecule has 0 aromatic carbocycles. The van der Waals surface area contributed by atoms with E-state index in [1.54, 1.807) is 0 Å². The highest BCUT2D eigenvalue weighted by Crippen LogP contribution is 2.16. The first kappa shape index (κ1) is 12.7. The summed E-state index contributed by atoms with van der Waals surface area (Å²) >= 11 is 0. The number of rotatable bonds is 7. The van der Waals surface area contributed by atoms with Crippen LogP contribution in [0.15, 0.2) is 12.2 Å². The minimum Gasteiger partial charge on any atom is -0.393 e. The van der Waals surface area contributed by atoms with E-state index >= 15 is 0 Å². The van der Waals surface area contributed by atoms with Crippen molar-refractivity contribution in [2.75, 3.05) is 0 Å². The molecule has 0 aliphatic rings. The van der Waals surface area contributed by atoms with Crippen LogP contribution in [0.4, 0.5) is 0 Å². The Morgan fingerprint density at radius 1 is 1.15 bits per heavy atom. The zero-order chi connectivity index (χ0) is 10.1. The summed E-state index contributed by atoms with van der Waals surface area (Å²) in [4.78, 5) is 0. The summed E-state index contributed by atoms with van der Waals surface area (Å²) in [6, 6.07) is 0. The first-order chi connectivity index (χ1) is 6.26. The Morgan fingerprint density at radius 3 is 2.31 bits per heavy atom. The fourth-order valence-electron chi connectivity index (χ4n) is 1.49. The minimum atomic E-state index is -0.145. The van der Waals surface area contributed by atoms with Crippen LogP contribution in [0.5, 0.6) is 0 Å². The van der Waals surface area contributed by atoms with Crippen LogP contribution in [0.25, 0.3) is 0 Å². The Kier molecular flexibility index (Phi) is 8.11. The number of allylic oxidation sites excluding steroid dienone is 1. The van der Waals surface area contributed by atoms with Gasteiger partial charge in [-0.2, -0.15) is 0 Å². The first-order valence-corrected chi connectivity index (χ1v) is 5.60. The van der Waals surface area contributed by atoms with Gasteiger partial charge in [-0.05, 0) is 19.3 Å². The average Bonchev–Trinajstić information content (AvgIpc) is 2.16. The van der Waals surface area contributed by atoms with E-state index in [9.17, 15) is 5.11 Å². The highest BCUT2D eigenvalue weighted by Gasteiger charge is 2.12. The zero-order valence-electron chi connectivity index (χ0n) is 9.29. The molecule has 0 bridgehead atoms. The van der Waals surface area contributed by atoms with E-state index in [2.05, 4.69) is 26.0 Å². The molecule has 0 amide bonds. The van der Waals surface area contributed by atoms with Crippen LogP contribution in [-0.4, -0.2) is 11.2 Å². The van der Waals surface area contributed by atoms with Crippen molar-refractivity contribution in [3.05, 3.63) is 12.2 Å². The van der Waals surface area contributed by atoms with Gasteiger partial charge in [-0.15, -0.1) is 0 Å². The van der Waals surface area contributed by atoms with Crippen molar-refractivity contribution in [3.8, 4) is 0 Å². The standard InChI is InChI=1S/C12H24O/c1-4-7-8-10-11(9-5-2)12(13)6-3/h8,10-13H,4-7,9H2,1-3H3/b10-8+. The molecule has 0 saturated carbocycles. The summed E-state index contributed by atoms with van der Waals surface area (Å²) in [5.41, 5.74) is 0. The highest BCUT2D eigenvalue weighted by molar-refractivity contribution is 4.91. The van der Waals surface area contributed by atoms with Crippen LogP contribution in [0, 0.1) is 5.92 Å². The molecule has 0 heterocycles. The van der Waals surface area contributed by atoms with Gasteiger partial charge in [-0.25, -0.2) is 0 Å². The van der Waals surface area contributed by atoms with Gasteiger partial charge in [-0.1, -0.05) is 45.8 Å². The fraction of sp³-hybridized carbons (Fsp3) is 0.833. The monoisotopic (exact) mass is 184 g/mol. The highest BCUT2D eigenvalue weighted by atomic mass is 16.3. The number of hydrogen-bond donors (Lipinski definition) is 1. The molecule has 0 aromatic heterocycles. The summed E-state index contributed by atoms with van der Waals surface area (Å²) in [5.74, 6) is 0.376. The zero-order valence-corrected chi connectivity index (χ0v) is 9.29. The van der Waals surface area contributed by atoms with Crippen LogP contribution in [0.1, 0.15) is 52.9 Å². The number of aliphatic hydroxyl groups is 1. The van der Waals surface area contributed by atoms with Gasteiger partial charge in [0.05, 0.1) is 6.10 Å². The van der Waals surface area contributed by atoms with Crippen molar-refractivity contribution in [1.29, 1.82) is 0 Å². The molecule has 0 saturated heterocycles. The normalized spacial score (nSPS) is 16.3. The third kappa shape index (κ3) is 5.87. The van der Waals surface area contributed by atoms with Crippen LogP contribution < -0.4 is 0 Å². The number of hydrogen-bond acceptors (Lipinski definition) is 1. The third-order valence-electron chi connectivity index (χ3n) is 2.37. The largest absolute Gasteiger partial charge is 0.393 e. The van der Waals surface area contributed by atoms with Crippen LogP contribution in [0.3, 0.4) is 0 Å². The lowest BCUT2D eigenvalue weighted by Gasteiger charge is -2.17. The van der Waals surface area contributed by atoms with E-state index in [0.29, 0.717) is 5.92 Å². The third-order valence-corrected chi connectivity index (χ3v) is 2.37. The quantitative estimate of drug-likeness (QED) is 0.600. The summed E-state index contributed by atoms with van der Waals surface area (Å²) in [7, 11) is 0. The maximum atomic E-state index is 9.70. The van der Waals surface area contributed by atoms with Gasteiger partial charge < -0.3 is 5.11 Å². The lowest BCUT2D eigenvalue weighted by molar-refractivity contribution is 0.121. The van der Waals surface area contributed by atoms with Crippen molar-refractivity contribution in [1.82, 2.24) is 0 Å². The van der Waals surface area contributed by atoms with E-state index in [-0.39, 0.29) is 6.10 Å². The van der Waals surface area contributed by atoms with Gasteiger partial charge in [0.15, 0.2) is 0 Å². The predicted octanol–water partition coefficient (Wildman–Crippen LogP) is 3.53. The number of unbranched alkanes of at least 4 members (excludes halogenated alkanes) is 1. The van der Waals surface area contributed by atoms with Crippen LogP contribution in [-0.2, 0) is 0 Å². The summed E-state index contributed by atoms with van der Waals surface area (Å²) in [5, 5.41) is 9.70. The summed E-state index contributed by atoms with van der Waals surface area (Å²) < 4.78 is 0. The molecule has 0 aromatic rings. The molecule has 2 atom stereocenters. The first-order valence-electron chi connectivity index (χ1n) is 5.60. The molecule has 1 nitrogen and oxygen atoms in total. The van der Waals surface area contributed by atoms with Crippen LogP contribution in [0.2, 0.25) is 0 Å². The van der Waals surface area contributed by atoms with Gasteiger partial charge in [-0.3, -0.25) is 0 Å². The Morgan fingerprint density at radius 2 is 1.85 bits per heavy atom. The van der Waals surface area contributed by atoms with Gasteiger partial charge in [0, 0.05) is 5.92 Å². The van der Waals surface area contributed by atoms with E-state index in [4.69, 9.17) is 0 Å². The second kappa shape index (κ2) is 8.31. The molecular weight excluding hydrogens is 160 g/mol. The molecule has 78 valence electrons. The van der Waals surface area contributed by atoms with E-state index in [1.165, 1.54) is 6.42 Å². The molecule has 0 spiro atoms. The minimum absolute atomic E-state index is 0.145. The van der Waals surface area contributed by atoms with Gasteiger partial charge in [0.25, 0.3) is 0 Å². The molecule has 0 aliphatic carbocycles. The lowest BCUT2D eigenvalue weighted by atomic mass is 9.94. The Hall–Kier alpha value is -0.300. The van der Waals surface area contributed by atoms with Gasteiger partial charge in [0.2, 0.25) is 0 Å². The van der Waals surface area contributed by atoms with Crippen molar-refractivity contribution in [3.63, 3.8) is 0 Å². The predicted molar refractivity (Wildman–Crippen MR) is 58.7 cm³/mol.